The van der Waals surface area contributed by atoms with Gasteiger partial charge in [0.2, 0.25) is 0 Å². The Morgan fingerprint density at radius 3 is 2.58 bits per heavy atom. The molecule has 12 heavy (non-hydrogen) atoms. The standard InChI is InChI=1S/C10H9ClN/c1-7(2)9-5-3-4-8(6-12)10(9)11/h3-5H,1-2H3. The van der Waals surface area contributed by atoms with Crippen LogP contribution in [-0.4, -0.2) is 0 Å². The predicted molar refractivity (Wildman–Crippen MR) is 49.9 cm³/mol. The lowest BCUT2D eigenvalue weighted by Crippen LogP contribution is -1.91. The summed E-state index contributed by atoms with van der Waals surface area (Å²) in [7, 11) is 0. The summed E-state index contributed by atoms with van der Waals surface area (Å²) in [6.45, 7) is 3.95. The van der Waals surface area contributed by atoms with Crippen molar-refractivity contribution in [2.45, 2.75) is 13.8 Å². The maximum absolute atomic E-state index is 8.68. The average Bonchev–Trinajstić information content (AvgIpc) is 2.04. The molecular formula is C10H9ClN. The van der Waals surface area contributed by atoms with Crippen molar-refractivity contribution in [3.8, 4) is 6.07 Å². The highest BCUT2D eigenvalue weighted by Crippen LogP contribution is 2.26. The molecule has 0 saturated carbocycles. The normalized spacial score (nSPS) is 9.92. The summed E-state index contributed by atoms with van der Waals surface area (Å²) in [6, 6.07) is 7.52. The molecule has 0 unspecified atom stereocenters. The fraction of sp³-hybridized carbons (Fsp3) is 0.200. The van der Waals surface area contributed by atoms with E-state index in [-0.39, 0.29) is 0 Å². The van der Waals surface area contributed by atoms with Crippen LogP contribution in [0.5, 0.6) is 0 Å². The lowest BCUT2D eigenvalue weighted by molar-refractivity contribution is 1.15. The van der Waals surface area contributed by atoms with Gasteiger partial charge in [0.1, 0.15) is 6.07 Å². The molecule has 0 fully saturated rings. The van der Waals surface area contributed by atoms with Gasteiger partial charge in [-0.2, -0.15) is 5.26 Å². The van der Waals surface area contributed by atoms with Gasteiger partial charge >= 0.3 is 0 Å². The number of halogens is 1. The van der Waals surface area contributed by atoms with E-state index in [9.17, 15) is 0 Å². The van der Waals surface area contributed by atoms with Gasteiger partial charge in [-0.3, -0.25) is 0 Å². The highest BCUT2D eigenvalue weighted by molar-refractivity contribution is 6.32. The highest BCUT2D eigenvalue weighted by Gasteiger charge is 2.08. The molecule has 0 aliphatic carbocycles. The fourth-order valence-electron chi connectivity index (χ4n) is 1.00. The molecule has 1 rings (SSSR count). The van der Waals surface area contributed by atoms with Crippen LogP contribution in [0.1, 0.15) is 25.0 Å². The van der Waals surface area contributed by atoms with Crippen molar-refractivity contribution in [1.82, 2.24) is 0 Å². The molecule has 1 nitrogen and oxygen atoms in total. The van der Waals surface area contributed by atoms with Crippen LogP contribution in [0.25, 0.3) is 0 Å². The molecule has 0 N–H and O–H groups in total. The van der Waals surface area contributed by atoms with E-state index in [1.165, 1.54) is 0 Å². The first-order valence-corrected chi connectivity index (χ1v) is 4.03. The van der Waals surface area contributed by atoms with Crippen LogP contribution in [-0.2, 0) is 0 Å². The Bertz CT molecular complexity index is 323. The van der Waals surface area contributed by atoms with Crippen molar-refractivity contribution in [2.24, 2.45) is 0 Å². The van der Waals surface area contributed by atoms with E-state index in [0.29, 0.717) is 10.6 Å². The van der Waals surface area contributed by atoms with Gasteiger partial charge in [0.05, 0.1) is 10.6 Å². The van der Waals surface area contributed by atoms with Crippen molar-refractivity contribution in [2.75, 3.05) is 0 Å². The second-order valence-corrected chi connectivity index (χ2v) is 3.16. The fourth-order valence-corrected chi connectivity index (χ4v) is 1.36. The molecule has 61 valence electrons. The van der Waals surface area contributed by atoms with Crippen LogP contribution in [0.15, 0.2) is 18.2 Å². The van der Waals surface area contributed by atoms with Gasteiger partial charge in [-0.05, 0) is 11.6 Å². The summed E-state index contributed by atoms with van der Waals surface area (Å²) in [5.74, 6) is 1.12. The van der Waals surface area contributed by atoms with Crippen molar-refractivity contribution >= 4 is 11.6 Å². The minimum atomic E-state index is 0.537. The lowest BCUT2D eigenvalue weighted by atomic mass is 10.0. The molecule has 0 amide bonds. The SMILES string of the molecule is C[C](C)c1cccc(C#N)c1Cl. The molecule has 0 spiro atoms. The topological polar surface area (TPSA) is 23.8 Å². The van der Waals surface area contributed by atoms with Crippen LogP contribution in [0.4, 0.5) is 0 Å². The summed E-state index contributed by atoms with van der Waals surface area (Å²) in [5, 5.41) is 9.24. The van der Waals surface area contributed by atoms with Crippen LogP contribution in [0.3, 0.4) is 0 Å². The molecule has 1 aromatic rings. The Hall–Kier alpha value is -1.00. The van der Waals surface area contributed by atoms with E-state index in [2.05, 4.69) is 0 Å². The van der Waals surface area contributed by atoms with E-state index in [1.54, 1.807) is 6.07 Å². The van der Waals surface area contributed by atoms with Crippen molar-refractivity contribution in [1.29, 1.82) is 5.26 Å². The molecule has 1 aromatic carbocycles. The summed E-state index contributed by atoms with van der Waals surface area (Å²) < 4.78 is 0. The summed E-state index contributed by atoms with van der Waals surface area (Å²) in [5.41, 5.74) is 1.49. The number of rotatable bonds is 1. The quantitative estimate of drug-likeness (QED) is 0.648. The molecule has 1 radical (unpaired) electrons. The van der Waals surface area contributed by atoms with Gasteiger partial charge in [0.15, 0.2) is 0 Å². The van der Waals surface area contributed by atoms with E-state index >= 15 is 0 Å². The maximum atomic E-state index is 8.68. The molecule has 2 heteroatoms. The number of hydrogen-bond donors (Lipinski definition) is 0. The summed E-state index contributed by atoms with van der Waals surface area (Å²) in [6.07, 6.45) is 0. The molecule has 0 bridgehead atoms. The first kappa shape index (κ1) is 9.09. The van der Waals surface area contributed by atoms with Crippen molar-refractivity contribution < 1.29 is 0 Å². The minimum Gasteiger partial charge on any atom is -0.192 e. The molecule has 0 aliphatic rings. The minimum absolute atomic E-state index is 0.537. The van der Waals surface area contributed by atoms with Gasteiger partial charge in [0, 0.05) is 5.92 Å². The number of nitriles is 1. The van der Waals surface area contributed by atoms with Gasteiger partial charge < -0.3 is 0 Å². The van der Waals surface area contributed by atoms with Gasteiger partial charge in [-0.25, -0.2) is 0 Å². The van der Waals surface area contributed by atoms with Crippen LogP contribution in [0.2, 0.25) is 5.02 Å². The molecule has 0 heterocycles. The monoisotopic (exact) mass is 178 g/mol. The van der Waals surface area contributed by atoms with Gasteiger partial charge in [-0.15, -0.1) is 0 Å². The second-order valence-electron chi connectivity index (χ2n) is 2.78. The van der Waals surface area contributed by atoms with Gasteiger partial charge in [0.25, 0.3) is 0 Å². The first-order valence-electron chi connectivity index (χ1n) is 3.66. The largest absolute Gasteiger partial charge is 0.192 e. The molecule has 0 saturated heterocycles. The Labute approximate surface area is 77.6 Å². The number of nitrogens with zero attached hydrogens (tertiary/aromatic N) is 1. The highest BCUT2D eigenvalue weighted by atomic mass is 35.5. The third kappa shape index (κ3) is 1.60. The molecule has 0 atom stereocenters. The van der Waals surface area contributed by atoms with Crippen molar-refractivity contribution in [3.05, 3.63) is 40.3 Å². The smallest absolute Gasteiger partial charge is 0.101 e. The zero-order valence-electron chi connectivity index (χ0n) is 7.06. The summed E-state index contributed by atoms with van der Waals surface area (Å²) >= 11 is 5.96. The van der Waals surface area contributed by atoms with E-state index in [0.717, 1.165) is 11.5 Å². The van der Waals surface area contributed by atoms with Crippen LogP contribution < -0.4 is 0 Å². The number of benzene rings is 1. The third-order valence-electron chi connectivity index (χ3n) is 1.66. The number of hydrogen-bond acceptors (Lipinski definition) is 1. The van der Waals surface area contributed by atoms with E-state index < -0.39 is 0 Å². The van der Waals surface area contributed by atoms with E-state index in [4.69, 9.17) is 16.9 Å². The third-order valence-corrected chi connectivity index (χ3v) is 2.07. The molecule has 0 aromatic heterocycles. The van der Waals surface area contributed by atoms with Crippen LogP contribution in [0, 0.1) is 17.2 Å². The molecule has 0 aliphatic heterocycles. The molecular weight excluding hydrogens is 170 g/mol. The van der Waals surface area contributed by atoms with Crippen LogP contribution >= 0.6 is 11.6 Å². The van der Waals surface area contributed by atoms with Crippen molar-refractivity contribution in [3.63, 3.8) is 0 Å². The Morgan fingerprint density at radius 1 is 1.42 bits per heavy atom. The Balaban J connectivity index is 3.25. The summed E-state index contributed by atoms with van der Waals surface area (Å²) in [4.78, 5) is 0. The zero-order valence-corrected chi connectivity index (χ0v) is 7.81. The predicted octanol–water partition coefficient (Wildman–Crippen LogP) is 3.17. The average molecular weight is 179 g/mol. The maximum Gasteiger partial charge on any atom is 0.101 e. The first-order chi connectivity index (χ1) is 5.66. The Morgan fingerprint density at radius 2 is 2.08 bits per heavy atom. The van der Waals surface area contributed by atoms with E-state index in [1.807, 2.05) is 32.0 Å². The Kier molecular flexibility index (Phi) is 2.73. The zero-order chi connectivity index (χ0) is 9.14. The second kappa shape index (κ2) is 3.60. The van der Waals surface area contributed by atoms with Gasteiger partial charge in [-0.1, -0.05) is 37.6 Å². The lowest BCUT2D eigenvalue weighted by Gasteiger charge is -2.07.